The minimum Gasteiger partial charge on any atom is -0.387 e. The third kappa shape index (κ3) is 3.26. The molecule has 4 heteroatoms. The zero-order valence-corrected chi connectivity index (χ0v) is 12.4. The number of rotatable bonds is 4. The number of benzene rings is 2. The Labute approximate surface area is 119 Å². The van der Waals surface area contributed by atoms with Crippen molar-refractivity contribution >= 4 is 9.84 Å². The van der Waals surface area contributed by atoms with Crippen LogP contribution in [0.25, 0.3) is 0 Å². The Morgan fingerprint density at radius 3 is 2.35 bits per heavy atom. The molecular weight excluding hydrogens is 272 g/mol. The molecule has 0 saturated carbocycles. The summed E-state index contributed by atoms with van der Waals surface area (Å²) < 4.78 is 24.5. The second-order valence-electron chi connectivity index (χ2n) is 4.97. The fourth-order valence-corrected chi connectivity index (χ4v) is 3.50. The fraction of sp³-hybridized carbons (Fsp3) is 0.250. The van der Waals surface area contributed by atoms with Crippen molar-refractivity contribution in [1.29, 1.82) is 0 Å². The van der Waals surface area contributed by atoms with E-state index in [4.69, 9.17) is 0 Å². The second kappa shape index (κ2) is 5.77. The Balaban J connectivity index is 2.28. The standard InChI is InChI=1S/C16H18O3S/c1-12-8-9-13(2)15(10-12)16(17)11-20(18,19)14-6-4-3-5-7-14/h3-10,16-17H,11H2,1-2H3. The van der Waals surface area contributed by atoms with Gasteiger partial charge in [0, 0.05) is 0 Å². The lowest BCUT2D eigenvalue weighted by Crippen LogP contribution is -2.15. The summed E-state index contributed by atoms with van der Waals surface area (Å²) in [5, 5.41) is 10.2. The van der Waals surface area contributed by atoms with Crippen molar-refractivity contribution in [3.05, 3.63) is 65.2 Å². The van der Waals surface area contributed by atoms with Gasteiger partial charge in [0.25, 0.3) is 0 Å². The summed E-state index contributed by atoms with van der Waals surface area (Å²) in [6.45, 7) is 3.79. The molecule has 0 spiro atoms. The van der Waals surface area contributed by atoms with Crippen LogP contribution < -0.4 is 0 Å². The SMILES string of the molecule is Cc1ccc(C)c(C(O)CS(=O)(=O)c2ccccc2)c1. The average Bonchev–Trinajstić information content (AvgIpc) is 2.42. The van der Waals surface area contributed by atoms with Crippen LogP contribution in [0.2, 0.25) is 0 Å². The quantitative estimate of drug-likeness (QED) is 0.942. The van der Waals surface area contributed by atoms with E-state index in [9.17, 15) is 13.5 Å². The number of hydrogen-bond donors (Lipinski definition) is 1. The number of aliphatic hydroxyl groups is 1. The van der Waals surface area contributed by atoms with Crippen molar-refractivity contribution in [3.63, 3.8) is 0 Å². The summed E-state index contributed by atoms with van der Waals surface area (Å²) in [6.07, 6.45) is -1.01. The van der Waals surface area contributed by atoms with Gasteiger partial charge in [0.05, 0.1) is 16.8 Å². The highest BCUT2D eigenvalue weighted by atomic mass is 32.2. The first-order valence-corrected chi connectivity index (χ1v) is 8.08. The number of aliphatic hydroxyl groups excluding tert-OH is 1. The third-order valence-corrected chi connectivity index (χ3v) is 5.02. The molecule has 0 aliphatic rings. The van der Waals surface area contributed by atoms with E-state index in [1.807, 2.05) is 32.0 Å². The molecule has 0 radical (unpaired) electrons. The molecule has 0 saturated heterocycles. The fourth-order valence-electron chi connectivity index (χ4n) is 2.14. The molecule has 20 heavy (non-hydrogen) atoms. The maximum Gasteiger partial charge on any atom is 0.181 e. The van der Waals surface area contributed by atoms with Crippen LogP contribution in [-0.4, -0.2) is 19.3 Å². The Morgan fingerprint density at radius 1 is 1.05 bits per heavy atom. The summed E-state index contributed by atoms with van der Waals surface area (Å²) in [6, 6.07) is 13.9. The molecule has 0 bridgehead atoms. The van der Waals surface area contributed by atoms with E-state index < -0.39 is 15.9 Å². The molecule has 0 fully saturated rings. The van der Waals surface area contributed by atoms with E-state index in [-0.39, 0.29) is 10.6 Å². The van der Waals surface area contributed by atoms with Crippen molar-refractivity contribution in [3.8, 4) is 0 Å². The Morgan fingerprint density at radius 2 is 1.70 bits per heavy atom. The van der Waals surface area contributed by atoms with Crippen LogP contribution in [0.3, 0.4) is 0 Å². The van der Waals surface area contributed by atoms with E-state index in [1.54, 1.807) is 30.3 Å². The monoisotopic (exact) mass is 290 g/mol. The minimum absolute atomic E-state index is 0.240. The predicted octanol–water partition coefficient (Wildman–Crippen LogP) is 2.81. The van der Waals surface area contributed by atoms with Gasteiger partial charge in [-0.3, -0.25) is 0 Å². The van der Waals surface area contributed by atoms with Crippen LogP contribution in [0.1, 0.15) is 22.8 Å². The molecule has 0 aromatic heterocycles. The van der Waals surface area contributed by atoms with Crippen molar-refractivity contribution in [2.24, 2.45) is 0 Å². The Kier molecular flexibility index (Phi) is 4.26. The summed E-state index contributed by atoms with van der Waals surface area (Å²) in [4.78, 5) is 0.240. The molecule has 2 aromatic rings. The molecule has 0 aliphatic carbocycles. The first kappa shape index (κ1) is 14.8. The van der Waals surface area contributed by atoms with Crippen LogP contribution in [0.15, 0.2) is 53.4 Å². The lowest BCUT2D eigenvalue weighted by Gasteiger charge is -2.15. The van der Waals surface area contributed by atoms with Crippen LogP contribution in [0.5, 0.6) is 0 Å². The molecule has 1 unspecified atom stereocenters. The summed E-state index contributed by atoms with van der Waals surface area (Å²) in [5.41, 5.74) is 2.57. The highest BCUT2D eigenvalue weighted by molar-refractivity contribution is 7.91. The largest absolute Gasteiger partial charge is 0.387 e. The maximum absolute atomic E-state index is 12.3. The van der Waals surface area contributed by atoms with Crippen molar-refractivity contribution in [2.45, 2.75) is 24.8 Å². The molecule has 106 valence electrons. The molecule has 2 rings (SSSR count). The van der Waals surface area contributed by atoms with Gasteiger partial charge in [-0.2, -0.15) is 0 Å². The molecule has 0 amide bonds. The second-order valence-corrected chi connectivity index (χ2v) is 7.00. The summed E-state index contributed by atoms with van der Waals surface area (Å²) in [7, 11) is -3.49. The normalized spacial score (nSPS) is 13.2. The van der Waals surface area contributed by atoms with Crippen LogP contribution in [0, 0.1) is 13.8 Å². The molecule has 0 aliphatic heterocycles. The van der Waals surface area contributed by atoms with Crippen molar-refractivity contribution < 1.29 is 13.5 Å². The predicted molar refractivity (Wildman–Crippen MR) is 79.4 cm³/mol. The van der Waals surface area contributed by atoms with Gasteiger partial charge in [0.15, 0.2) is 9.84 Å². The Bertz CT molecular complexity index is 691. The van der Waals surface area contributed by atoms with E-state index >= 15 is 0 Å². The van der Waals surface area contributed by atoms with Crippen molar-refractivity contribution in [2.75, 3.05) is 5.75 Å². The molecule has 1 N–H and O–H groups in total. The summed E-state index contributed by atoms with van der Waals surface area (Å²) >= 11 is 0. The van der Waals surface area contributed by atoms with Crippen molar-refractivity contribution in [1.82, 2.24) is 0 Å². The van der Waals surface area contributed by atoms with Gasteiger partial charge in [-0.1, -0.05) is 42.0 Å². The first-order valence-electron chi connectivity index (χ1n) is 6.43. The molecule has 2 aromatic carbocycles. The van der Waals surface area contributed by atoms with Gasteiger partial charge in [-0.25, -0.2) is 8.42 Å². The van der Waals surface area contributed by atoms with E-state index in [0.29, 0.717) is 5.56 Å². The highest BCUT2D eigenvalue weighted by Crippen LogP contribution is 2.23. The van der Waals surface area contributed by atoms with E-state index in [0.717, 1.165) is 11.1 Å². The molecule has 0 heterocycles. The van der Waals surface area contributed by atoms with Gasteiger partial charge in [-0.05, 0) is 37.1 Å². The third-order valence-electron chi connectivity index (χ3n) is 3.27. The summed E-state index contributed by atoms with van der Waals surface area (Å²) in [5.74, 6) is -0.304. The first-order chi connectivity index (χ1) is 9.40. The van der Waals surface area contributed by atoms with Gasteiger partial charge in [0.1, 0.15) is 0 Å². The number of sulfone groups is 1. The molecule has 3 nitrogen and oxygen atoms in total. The molecule has 1 atom stereocenters. The maximum atomic E-state index is 12.3. The minimum atomic E-state index is -3.49. The van der Waals surface area contributed by atoms with Crippen LogP contribution >= 0.6 is 0 Å². The topological polar surface area (TPSA) is 54.4 Å². The zero-order valence-electron chi connectivity index (χ0n) is 11.6. The number of hydrogen-bond acceptors (Lipinski definition) is 3. The lowest BCUT2D eigenvalue weighted by molar-refractivity contribution is 0.201. The molecular formula is C16H18O3S. The zero-order chi connectivity index (χ0) is 14.8. The van der Waals surface area contributed by atoms with E-state index in [2.05, 4.69) is 0 Å². The number of aryl methyl sites for hydroxylation is 2. The van der Waals surface area contributed by atoms with E-state index in [1.165, 1.54) is 0 Å². The highest BCUT2D eigenvalue weighted by Gasteiger charge is 2.21. The average molecular weight is 290 g/mol. The van der Waals surface area contributed by atoms with Crippen LogP contribution in [-0.2, 0) is 9.84 Å². The van der Waals surface area contributed by atoms with Gasteiger partial charge in [0.2, 0.25) is 0 Å². The smallest absolute Gasteiger partial charge is 0.181 e. The lowest BCUT2D eigenvalue weighted by atomic mass is 10.0. The Hall–Kier alpha value is -1.65. The van der Waals surface area contributed by atoms with Crippen LogP contribution in [0.4, 0.5) is 0 Å². The van der Waals surface area contributed by atoms with Gasteiger partial charge >= 0.3 is 0 Å². The van der Waals surface area contributed by atoms with Gasteiger partial charge in [-0.15, -0.1) is 0 Å². The van der Waals surface area contributed by atoms with Gasteiger partial charge < -0.3 is 5.11 Å².